The number of ether oxygens (including phenoxy) is 1. The van der Waals surface area contributed by atoms with E-state index >= 15 is 0 Å². The van der Waals surface area contributed by atoms with Gasteiger partial charge in [0.15, 0.2) is 0 Å². The van der Waals surface area contributed by atoms with E-state index in [9.17, 15) is 4.79 Å². The Morgan fingerprint density at radius 1 is 1.48 bits per heavy atom. The fourth-order valence-corrected chi connectivity index (χ4v) is 2.35. The number of benzene rings is 1. The zero-order valence-corrected chi connectivity index (χ0v) is 13.0. The lowest BCUT2D eigenvalue weighted by atomic mass is 9.95. The molecular formula is C16H22N2O3. The van der Waals surface area contributed by atoms with Crippen LogP contribution in [-0.2, 0) is 9.63 Å². The van der Waals surface area contributed by atoms with Crippen molar-refractivity contribution in [3.05, 3.63) is 29.8 Å². The minimum atomic E-state index is -0.286. The first-order chi connectivity index (χ1) is 9.95. The van der Waals surface area contributed by atoms with Gasteiger partial charge in [0.05, 0.1) is 18.8 Å². The lowest BCUT2D eigenvalue weighted by Crippen LogP contribution is -2.24. The molecule has 1 aromatic carbocycles. The van der Waals surface area contributed by atoms with Crippen LogP contribution in [0.5, 0.6) is 5.75 Å². The smallest absolute Gasteiger partial charge is 0.246 e. The maximum Gasteiger partial charge on any atom is 0.246 e. The van der Waals surface area contributed by atoms with Crippen molar-refractivity contribution < 1.29 is 14.4 Å². The number of methoxy groups -OCH3 is 1. The van der Waals surface area contributed by atoms with Crippen molar-refractivity contribution in [2.45, 2.75) is 45.3 Å². The van der Waals surface area contributed by atoms with Crippen molar-refractivity contribution in [3.8, 4) is 5.75 Å². The molecule has 1 aliphatic rings. The molecule has 0 aromatic heterocycles. The van der Waals surface area contributed by atoms with Gasteiger partial charge in [0, 0.05) is 12.8 Å². The van der Waals surface area contributed by atoms with E-state index in [1.807, 2.05) is 38.1 Å². The lowest BCUT2D eigenvalue weighted by molar-refractivity contribution is -0.140. The summed E-state index contributed by atoms with van der Waals surface area (Å²) in [4.78, 5) is 21.1. The number of nitrogens with zero attached hydrogens (tertiary/aromatic N) is 2. The van der Waals surface area contributed by atoms with Crippen LogP contribution in [0.25, 0.3) is 0 Å². The van der Waals surface area contributed by atoms with Crippen LogP contribution in [0.2, 0.25) is 0 Å². The number of aliphatic imine (C=N–C) groups is 1. The summed E-state index contributed by atoms with van der Waals surface area (Å²) in [5.74, 6) is 0.662. The first-order valence-electron chi connectivity index (χ1n) is 7.13. The summed E-state index contributed by atoms with van der Waals surface area (Å²) >= 11 is 0. The highest BCUT2D eigenvalue weighted by atomic mass is 16.7. The summed E-state index contributed by atoms with van der Waals surface area (Å²) in [7, 11) is 1.64. The Bertz CT molecular complexity index is 523. The summed E-state index contributed by atoms with van der Waals surface area (Å²) in [6.45, 7) is 5.84. The van der Waals surface area contributed by atoms with E-state index in [1.165, 1.54) is 6.34 Å². The second-order valence-corrected chi connectivity index (χ2v) is 5.70. The van der Waals surface area contributed by atoms with E-state index < -0.39 is 0 Å². The monoisotopic (exact) mass is 290 g/mol. The Kier molecular flexibility index (Phi) is 4.63. The molecule has 2 rings (SSSR count). The van der Waals surface area contributed by atoms with Crippen LogP contribution in [-0.4, -0.2) is 30.0 Å². The first-order valence-corrected chi connectivity index (χ1v) is 7.13. The van der Waals surface area contributed by atoms with Crippen LogP contribution in [0.1, 0.15) is 45.2 Å². The van der Waals surface area contributed by atoms with Gasteiger partial charge in [-0.3, -0.25) is 9.63 Å². The third-order valence-corrected chi connectivity index (χ3v) is 3.46. The zero-order valence-electron chi connectivity index (χ0n) is 13.0. The minimum Gasteiger partial charge on any atom is -0.497 e. The molecule has 5 nitrogen and oxygen atoms in total. The fraction of sp³-hybridized carbons (Fsp3) is 0.500. The van der Waals surface area contributed by atoms with E-state index in [1.54, 1.807) is 19.1 Å². The molecule has 0 aliphatic carbocycles. The molecule has 1 aliphatic heterocycles. The van der Waals surface area contributed by atoms with Gasteiger partial charge in [0.1, 0.15) is 12.1 Å². The third kappa shape index (κ3) is 3.82. The number of carbonyl (C=O) groups is 1. The van der Waals surface area contributed by atoms with Crippen molar-refractivity contribution in [1.82, 2.24) is 5.06 Å². The van der Waals surface area contributed by atoms with Crippen molar-refractivity contribution in [1.29, 1.82) is 0 Å². The number of hydrogen-bond donors (Lipinski definition) is 0. The molecule has 21 heavy (non-hydrogen) atoms. The zero-order chi connectivity index (χ0) is 15.5. The van der Waals surface area contributed by atoms with Crippen molar-refractivity contribution in [2.24, 2.45) is 4.99 Å². The Morgan fingerprint density at radius 2 is 2.14 bits per heavy atom. The predicted octanol–water partition coefficient (Wildman–Crippen LogP) is 3.12. The van der Waals surface area contributed by atoms with Gasteiger partial charge in [-0.15, -0.1) is 0 Å². The molecule has 1 aromatic rings. The number of carbonyl (C=O) groups excluding carboxylic acids is 1. The average molecular weight is 290 g/mol. The Hall–Kier alpha value is -1.88. The van der Waals surface area contributed by atoms with Crippen LogP contribution in [0.4, 0.5) is 0 Å². The van der Waals surface area contributed by atoms with Crippen LogP contribution in [0.15, 0.2) is 29.3 Å². The molecule has 1 saturated heterocycles. The summed E-state index contributed by atoms with van der Waals surface area (Å²) in [6.07, 6.45) is 2.71. The summed E-state index contributed by atoms with van der Waals surface area (Å²) in [5.41, 5.74) is 0.822. The van der Waals surface area contributed by atoms with Crippen molar-refractivity contribution >= 4 is 12.2 Å². The SMILES string of the molecule is CCC(=O)N=CN1OC(C)(C)CC1c1ccc(OC)cc1. The van der Waals surface area contributed by atoms with E-state index in [0.29, 0.717) is 6.42 Å². The highest BCUT2D eigenvalue weighted by Crippen LogP contribution is 2.39. The fourth-order valence-electron chi connectivity index (χ4n) is 2.35. The second-order valence-electron chi connectivity index (χ2n) is 5.70. The molecule has 1 fully saturated rings. The topological polar surface area (TPSA) is 51.1 Å². The molecule has 114 valence electrons. The first kappa shape index (κ1) is 15.5. The standard InChI is InChI=1S/C16H22N2O3/c1-5-15(19)17-11-18-14(10-16(2,3)21-18)12-6-8-13(20-4)9-7-12/h6-9,11,14H,5,10H2,1-4H3. The molecule has 0 radical (unpaired) electrons. The van der Waals surface area contributed by atoms with Gasteiger partial charge in [-0.2, -0.15) is 0 Å². The van der Waals surface area contributed by atoms with Crippen LogP contribution in [0, 0.1) is 0 Å². The van der Waals surface area contributed by atoms with E-state index in [-0.39, 0.29) is 17.6 Å². The highest BCUT2D eigenvalue weighted by Gasteiger charge is 2.38. The summed E-state index contributed by atoms with van der Waals surface area (Å²) < 4.78 is 5.18. The van der Waals surface area contributed by atoms with Gasteiger partial charge < -0.3 is 4.74 Å². The van der Waals surface area contributed by atoms with Crippen LogP contribution < -0.4 is 4.74 Å². The molecule has 5 heteroatoms. The number of rotatable bonds is 4. The molecule has 1 heterocycles. The molecule has 0 N–H and O–H groups in total. The second kappa shape index (κ2) is 6.26. The molecule has 0 spiro atoms. The van der Waals surface area contributed by atoms with Crippen LogP contribution >= 0.6 is 0 Å². The maximum absolute atomic E-state index is 11.4. The lowest BCUT2D eigenvalue weighted by Gasteiger charge is -2.21. The Labute approximate surface area is 125 Å². The average Bonchev–Trinajstić information content (AvgIpc) is 2.80. The van der Waals surface area contributed by atoms with Gasteiger partial charge in [0.2, 0.25) is 5.91 Å². The van der Waals surface area contributed by atoms with E-state index in [0.717, 1.165) is 17.7 Å². The summed E-state index contributed by atoms with van der Waals surface area (Å²) in [6, 6.07) is 7.91. The number of amides is 1. The van der Waals surface area contributed by atoms with Crippen LogP contribution in [0.3, 0.4) is 0 Å². The van der Waals surface area contributed by atoms with Gasteiger partial charge in [0.25, 0.3) is 0 Å². The highest BCUT2D eigenvalue weighted by molar-refractivity contribution is 5.83. The number of hydrogen-bond acceptors (Lipinski definition) is 3. The number of hydroxylamine groups is 2. The maximum atomic E-state index is 11.4. The molecule has 1 amide bonds. The Morgan fingerprint density at radius 3 is 2.71 bits per heavy atom. The van der Waals surface area contributed by atoms with Gasteiger partial charge in [-0.1, -0.05) is 19.1 Å². The molecule has 0 saturated carbocycles. The molecule has 1 unspecified atom stereocenters. The molecule has 0 bridgehead atoms. The van der Waals surface area contributed by atoms with E-state index in [4.69, 9.17) is 9.57 Å². The van der Waals surface area contributed by atoms with Gasteiger partial charge in [-0.05, 0) is 31.5 Å². The van der Waals surface area contributed by atoms with Crippen molar-refractivity contribution in [3.63, 3.8) is 0 Å². The molecular weight excluding hydrogens is 268 g/mol. The molecule has 1 atom stereocenters. The Balaban J connectivity index is 2.21. The normalized spacial score (nSPS) is 21.0. The van der Waals surface area contributed by atoms with Gasteiger partial charge >= 0.3 is 0 Å². The third-order valence-electron chi connectivity index (χ3n) is 3.46. The quantitative estimate of drug-likeness (QED) is 0.631. The predicted molar refractivity (Wildman–Crippen MR) is 81.1 cm³/mol. The van der Waals surface area contributed by atoms with E-state index in [2.05, 4.69) is 4.99 Å². The summed E-state index contributed by atoms with van der Waals surface area (Å²) in [5, 5.41) is 1.68. The van der Waals surface area contributed by atoms with Gasteiger partial charge in [-0.25, -0.2) is 10.1 Å². The van der Waals surface area contributed by atoms with Crippen molar-refractivity contribution in [2.75, 3.05) is 7.11 Å². The largest absolute Gasteiger partial charge is 0.497 e. The minimum absolute atomic E-state index is 0.0410.